The topological polar surface area (TPSA) is 87.1 Å². The molecule has 1 heterocycles. The third-order valence-electron chi connectivity index (χ3n) is 5.47. The summed E-state index contributed by atoms with van der Waals surface area (Å²) in [6.07, 6.45) is -4.67. The number of rotatable bonds is 4. The monoisotopic (exact) mass is 469 g/mol. The Morgan fingerprint density at radius 1 is 0.971 bits per heavy atom. The van der Waals surface area contributed by atoms with Crippen LogP contribution >= 0.6 is 0 Å². The van der Waals surface area contributed by atoms with Crippen LogP contribution in [-0.4, -0.2) is 29.0 Å². The van der Waals surface area contributed by atoms with Crippen LogP contribution in [0, 0.1) is 0 Å². The minimum atomic E-state index is -4.67. The molecule has 6 nitrogen and oxygen atoms in total. The first-order chi connectivity index (χ1) is 16.1. The molecule has 1 fully saturated rings. The van der Waals surface area contributed by atoms with E-state index in [9.17, 15) is 33.0 Å². The average Bonchev–Trinajstić information content (AvgIpc) is 3.09. The Morgan fingerprint density at radius 3 is 2.21 bits per heavy atom. The molecule has 0 aliphatic carbocycles. The summed E-state index contributed by atoms with van der Waals surface area (Å²) >= 11 is 0. The number of aliphatic hydroxyl groups is 1. The number of aliphatic hydroxyl groups excluding tert-OH is 1. The van der Waals surface area contributed by atoms with Gasteiger partial charge in [0.25, 0.3) is 11.7 Å². The molecule has 0 bridgehead atoms. The number of anilines is 1. The largest absolute Gasteiger partial charge is 0.508 e. The quantitative estimate of drug-likeness (QED) is 0.317. The van der Waals surface area contributed by atoms with E-state index in [0.29, 0.717) is 11.3 Å². The summed E-state index contributed by atoms with van der Waals surface area (Å²) in [6, 6.07) is 14.4. The maximum Gasteiger partial charge on any atom is 0.416 e. The van der Waals surface area contributed by atoms with E-state index in [1.54, 1.807) is 12.1 Å². The Bertz CT molecular complexity index is 1280. The van der Waals surface area contributed by atoms with Crippen LogP contribution in [0.15, 0.2) is 78.4 Å². The van der Waals surface area contributed by atoms with Crippen LogP contribution in [0.4, 0.5) is 18.9 Å². The summed E-state index contributed by atoms with van der Waals surface area (Å²) in [5.74, 6) is -2.23. The van der Waals surface area contributed by atoms with Crippen LogP contribution in [0.25, 0.3) is 5.76 Å². The molecule has 9 heteroatoms. The molecular formula is C25H18F3NO5. The SMILES string of the molecule is COc1ccc(/C(O)=C2\C(=O)C(=O)N(c3cccc(C(F)(F)F)c3)C2c2ccc(O)cc2)cc1. The number of benzene rings is 3. The molecule has 3 aromatic rings. The second-order valence-corrected chi connectivity index (χ2v) is 7.54. The number of methoxy groups -OCH3 is 1. The van der Waals surface area contributed by atoms with Crippen LogP contribution < -0.4 is 9.64 Å². The van der Waals surface area contributed by atoms with Crippen molar-refractivity contribution in [3.63, 3.8) is 0 Å². The minimum Gasteiger partial charge on any atom is -0.508 e. The van der Waals surface area contributed by atoms with Gasteiger partial charge in [0.2, 0.25) is 0 Å². The fourth-order valence-electron chi connectivity index (χ4n) is 3.81. The van der Waals surface area contributed by atoms with Crippen molar-refractivity contribution >= 4 is 23.1 Å². The van der Waals surface area contributed by atoms with E-state index in [1.807, 2.05) is 0 Å². The van der Waals surface area contributed by atoms with Gasteiger partial charge in [-0.15, -0.1) is 0 Å². The molecule has 1 amide bonds. The van der Waals surface area contributed by atoms with Crippen molar-refractivity contribution in [3.05, 3.63) is 95.1 Å². The lowest BCUT2D eigenvalue weighted by Gasteiger charge is -2.26. The number of ketones is 1. The standard InChI is InChI=1S/C25H18F3NO5/c1-34-19-11-7-15(8-12-19)22(31)20-21(14-5-9-18(30)10-6-14)29(24(33)23(20)32)17-4-2-3-16(13-17)25(26,27)28/h2-13,21,30-31H,1H3/b22-20+. The molecule has 4 rings (SSSR count). The number of aromatic hydroxyl groups is 1. The van der Waals surface area contributed by atoms with Crippen molar-refractivity contribution in [2.24, 2.45) is 0 Å². The highest BCUT2D eigenvalue weighted by atomic mass is 19.4. The predicted molar refractivity (Wildman–Crippen MR) is 117 cm³/mol. The Labute approximate surface area is 192 Å². The number of phenolic OH excluding ortho intramolecular Hbond substituents is 1. The van der Waals surface area contributed by atoms with Crippen LogP contribution in [0.1, 0.15) is 22.7 Å². The molecule has 3 aromatic carbocycles. The van der Waals surface area contributed by atoms with Crippen LogP contribution in [-0.2, 0) is 15.8 Å². The van der Waals surface area contributed by atoms with Crippen molar-refractivity contribution in [3.8, 4) is 11.5 Å². The lowest BCUT2D eigenvalue weighted by atomic mass is 9.95. The Morgan fingerprint density at radius 2 is 1.62 bits per heavy atom. The number of amides is 1. The molecule has 0 spiro atoms. The van der Waals surface area contributed by atoms with E-state index in [1.165, 1.54) is 49.6 Å². The van der Waals surface area contributed by atoms with Crippen molar-refractivity contribution in [2.75, 3.05) is 12.0 Å². The van der Waals surface area contributed by atoms with Crippen LogP contribution in [0.2, 0.25) is 0 Å². The van der Waals surface area contributed by atoms with E-state index in [2.05, 4.69) is 0 Å². The lowest BCUT2D eigenvalue weighted by Crippen LogP contribution is -2.29. The van der Waals surface area contributed by atoms with Gasteiger partial charge in [-0.05, 0) is 60.2 Å². The first-order valence-corrected chi connectivity index (χ1v) is 10.0. The fraction of sp³-hybridized carbons (Fsp3) is 0.120. The smallest absolute Gasteiger partial charge is 0.416 e. The molecule has 0 aromatic heterocycles. The first kappa shape index (κ1) is 22.9. The van der Waals surface area contributed by atoms with E-state index < -0.39 is 35.2 Å². The van der Waals surface area contributed by atoms with Gasteiger partial charge in [0.15, 0.2) is 0 Å². The molecule has 1 aliphatic heterocycles. The summed E-state index contributed by atoms with van der Waals surface area (Å²) in [6.45, 7) is 0. The number of alkyl halides is 3. The van der Waals surface area contributed by atoms with Crippen molar-refractivity contribution in [2.45, 2.75) is 12.2 Å². The Hall–Kier alpha value is -4.27. The Kier molecular flexibility index (Phi) is 5.78. The number of nitrogens with zero attached hydrogens (tertiary/aromatic N) is 1. The molecule has 1 aliphatic rings. The number of hydrogen-bond acceptors (Lipinski definition) is 5. The average molecular weight is 469 g/mol. The van der Waals surface area contributed by atoms with E-state index in [-0.39, 0.29) is 22.6 Å². The van der Waals surface area contributed by atoms with E-state index in [0.717, 1.165) is 23.1 Å². The highest BCUT2D eigenvalue weighted by Crippen LogP contribution is 2.43. The molecule has 2 N–H and O–H groups in total. The number of ether oxygens (including phenoxy) is 1. The molecule has 1 atom stereocenters. The van der Waals surface area contributed by atoms with Gasteiger partial charge in [-0.25, -0.2) is 0 Å². The maximum absolute atomic E-state index is 13.3. The fourth-order valence-corrected chi connectivity index (χ4v) is 3.81. The summed E-state index contributed by atoms with van der Waals surface area (Å²) in [7, 11) is 1.46. The summed E-state index contributed by atoms with van der Waals surface area (Å²) in [4.78, 5) is 27.0. The van der Waals surface area contributed by atoms with Crippen LogP contribution in [0.5, 0.6) is 11.5 Å². The van der Waals surface area contributed by atoms with Gasteiger partial charge in [0.05, 0.1) is 24.3 Å². The molecule has 0 saturated carbocycles. The molecule has 34 heavy (non-hydrogen) atoms. The van der Waals surface area contributed by atoms with Gasteiger partial charge >= 0.3 is 6.18 Å². The van der Waals surface area contributed by atoms with Gasteiger partial charge in [-0.3, -0.25) is 14.5 Å². The lowest BCUT2D eigenvalue weighted by molar-refractivity contribution is -0.137. The summed E-state index contributed by atoms with van der Waals surface area (Å²) in [5, 5.41) is 20.7. The number of phenols is 1. The molecule has 0 radical (unpaired) electrons. The molecule has 174 valence electrons. The highest BCUT2D eigenvalue weighted by Gasteiger charge is 2.47. The predicted octanol–water partition coefficient (Wildman–Crippen LogP) is 5.05. The number of carbonyl (C=O) groups is 2. The number of halogens is 3. The molecule has 1 saturated heterocycles. The van der Waals surface area contributed by atoms with Crippen molar-refractivity contribution in [1.82, 2.24) is 0 Å². The van der Waals surface area contributed by atoms with Gasteiger partial charge in [-0.1, -0.05) is 18.2 Å². The van der Waals surface area contributed by atoms with Crippen LogP contribution in [0.3, 0.4) is 0 Å². The Balaban J connectivity index is 1.92. The molecule has 1 unspecified atom stereocenters. The van der Waals surface area contributed by atoms with Gasteiger partial charge in [0.1, 0.15) is 17.3 Å². The third kappa shape index (κ3) is 4.07. The minimum absolute atomic E-state index is 0.0880. The normalized spacial score (nSPS) is 17.8. The second-order valence-electron chi connectivity index (χ2n) is 7.54. The van der Waals surface area contributed by atoms with Gasteiger partial charge < -0.3 is 14.9 Å². The highest BCUT2D eigenvalue weighted by molar-refractivity contribution is 6.51. The first-order valence-electron chi connectivity index (χ1n) is 10.0. The molecular weight excluding hydrogens is 451 g/mol. The number of hydrogen-bond donors (Lipinski definition) is 2. The van der Waals surface area contributed by atoms with E-state index in [4.69, 9.17) is 4.74 Å². The zero-order valence-corrected chi connectivity index (χ0v) is 17.7. The van der Waals surface area contributed by atoms with Gasteiger partial charge in [-0.2, -0.15) is 13.2 Å². The second kappa shape index (κ2) is 8.58. The van der Waals surface area contributed by atoms with E-state index >= 15 is 0 Å². The number of carbonyl (C=O) groups excluding carboxylic acids is 2. The maximum atomic E-state index is 13.3. The zero-order chi connectivity index (χ0) is 24.6. The third-order valence-corrected chi connectivity index (χ3v) is 5.47. The number of Topliss-reactive ketones (excluding diaryl/α,β-unsaturated/α-hetero) is 1. The van der Waals surface area contributed by atoms with Gasteiger partial charge in [0, 0.05) is 11.3 Å². The van der Waals surface area contributed by atoms with Crippen molar-refractivity contribution < 1.29 is 37.7 Å². The zero-order valence-electron chi connectivity index (χ0n) is 17.7. The van der Waals surface area contributed by atoms with Crippen molar-refractivity contribution in [1.29, 1.82) is 0 Å². The summed E-state index contributed by atoms with van der Waals surface area (Å²) in [5.41, 5.74) is -0.926. The summed E-state index contributed by atoms with van der Waals surface area (Å²) < 4.78 is 45.1.